The third-order valence-electron chi connectivity index (χ3n) is 4.02. The van der Waals surface area contributed by atoms with Gasteiger partial charge in [-0.05, 0) is 17.2 Å². The summed E-state index contributed by atoms with van der Waals surface area (Å²) in [6.07, 6.45) is 2.63. The fraction of sp³-hybridized carbons (Fsp3) is 0.118. The second kappa shape index (κ2) is 3.82. The number of hydrogen-bond donors (Lipinski definition) is 1. The predicted octanol–water partition coefficient (Wildman–Crippen LogP) is 3.89. The lowest BCUT2D eigenvalue weighted by molar-refractivity contribution is 0.0991. The van der Waals surface area contributed by atoms with E-state index < -0.39 is 0 Å². The van der Waals surface area contributed by atoms with Crippen LogP contribution in [0.3, 0.4) is 0 Å². The molecule has 0 fully saturated rings. The quantitative estimate of drug-likeness (QED) is 0.695. The molecule has 0 bridgehead atoms. The minimum Gasteiger partial charge on any atom is -0.361 e. The van der Waals surface area contributed by atoms with Gasteiger partial charge in [-0.2, -0.15) is 0 Å². The smallest absolute Gasteiger partial charge is 0.164 e. The lowest BCUT2D eigenvalue weighted by Gasteiger charge is -2.09. The van der Waals surface area contributed by atoms with Crippen molar-refractivity contribution in [3.63, 3.8) is 0 Å². The van der Waals surface area contributed by atoms with Crippen molar-refractivity contribution in [2.75, 3.05) is 0 Å². The van der Waals surface area contributed by atoms with Gasteiger partial charge in [0.15, 0.2) is 5.78 Å². The number of ketones is 1. The first kappa shape index (κ1) is 10.6. The molecule has 0 saturated carbocycles. The minimum atomic E-state index is 0.194. The lowest BCUT2D eigenvalue weighted by atomic mass is 9.93. The van der Waals surface area contributed by atoms with Crippen LogP contribution >= 0.6 is 0 Å². The minimum absolute atomic E-state index is 0.194. The van der Waals surface area contributed by atoms with Crippen molar-refractivity contribution in [2.24, 2.45) is 0 Å². The molecule has 2 aromatic carbocycles. The molecular formula is C17H13NO. The molecule has 1 aliphatic rings. The summed E-state index contributed by atoms with van der Waals surface area (Å²) in [4.78, 5) is 15.4. The lowest BCUT2D eigenvalue weighted by Crippen LogP contribution is -1.95. The Labute approximate surface area is 111 Å². The number of rotatable bonds is 1. The van der Waals surface area contributed by atoms with Crippen LogP contribution in [0, 0.1) is 0 Å². The van der Waals surface area contributed by atoms with Crippen LogP contribution < -0.4 is 0 Å². The summed E-state index contributed by atoms with van der Waals surface area (Å²) in [6, 6.07) is 16.2. The van der Waals surface area contributed by atoms with Gasteiger partial charge >= 0.3 is 0 Å². The molecule has 1 N–H and O–H groups in total. The molecule has 0 amide bonds. The summed E-state index contributed by atoms with van der Waals surface area (Å²) in [5.74, 6) is 0.450. The zero-order valence-corrected chi connectivity index (χ0v) is 10.4. The number of para-hydroxylation sites is 1. The zero-order valence-electron chi connectivity index (χ0n) is 10.4. The highest BCUT2D eigenvalue weighted by Crippen LogP contribution is 2.40. The van der Waals surface area contributed by atoms with E-state index in [9.17, 15) is 4.79 Å². The monoisotopic (exact) mass is 247 g/mol. The number of carbonyl (C=O) groups excluding carboxylic acids is 1. The molecule has 1 aliphatic carbocycles. The van der Waals surface area contributed by atoms with Crippen LogP contribution in [-0.4, -0.2) is 10.8 Å². The largest absolute Gasteiger partial charge is 0.361 e. The molecule has 1 atom stereocenters. The van der Waals surface area contributed by atoms with Crippen LogP contribution in [0.25, 0.3) is 10.9 Å². The van der Waals surface area contributed by atoms with Crippen molar-refractivity contribution < 1.29 is 4.79 Å². The Kier molecular flexibility index (Phi) is 2.12. The Morgan fingerprint density at radius 2 is 1.74 bits per heavy atom. The fourth-order valence-electron chi connectivity index (χ4n) is 3.12. The van der Waals surface area contributed by atoms with E-state index >= 15 is 0 Å². The van der Waals surface area contributed by atoms with Crippen LogP contribution in [0.2, 0.25) is 0 Å². The van der Waals surface area contributed by atoms with Gasteiger partial charge in [0, 0.05) is 35.0 Å². The molecule has 2 nitrogen and oxygen atoms in total. The number of Topliss-reactive ketones (excluding diaryl/α,β-unsaturated/α-hetero) is 1. The zero-order chi connectivity index (χ0) is 12.8. The number of fused-ring (bicyclic) bond motifs is 2. The molecule has 0 radical (unpaired) electrons. The number of H-pyrrole nitrogens is 1. The molecule has 2 heteroatoms. The first-order chi connectivity index (χ1) is 9.34. The molecule has 1 heterocycles. The summed E-state index contributed by atoms with van der Waals surface area (Å²) in [6.45, 7) is 0. The number of benzene rings is 2. The Morgan fingerprint density at radius 3 is 2.68 bits per heavy atom. The summed E-state index contributed by atoms with van der Waals surface area (Å²) in [5.41, 5.74) is 4.42. The standard InChI is InChI=1S/C17H13NO/c19-17-9-14(11-5-1-2-7-13(11)17)15-10-18-16-8-4-3-6-12(15)16/h1-8,10,14,18H,9H2. The van der Waals surface area contributed by atoms with E-state index in [1.807, 2.05) is 36.5 Å². The van der Waals surface area contributed by atoms with Crippen LogP contribution in [0.5, 0.6) is 0 Å². The highest BCUT2D eigenvalue weighted by atomic mass is 16.1. The van der Waals surface area contributed by atoms with Crippen molar-refractivity contribution in [3.8, 4) is 0 Å². The van der Waals surface area contributed by atoms with Gasteiger partial charge in [-0.1, -0.05) is 42.5 Å². The summed E-state index contributed by atoms with van der Waals surface area (Å²) in [7, 11) is 0. The van der Waals surface area contributed by atoms with Crippen LogP contribution in [0.4, 0.5) is 0 Å². The van der Waals surface area contributed by atoms with Gasteiger partial charge in [0.05, 0.1) is 0 Å². The van der Waals surface area contributed by atoms with E-state index in [1.165, 1.54) is 10.9 Å². The van der Waals surface area contributed by atoms with Gasteiger partial charge in [0.1, 0.15) is 0 Å². The van der Waals surface area contributed by atoms with Crippen molar-refractivity contribution in [1.29, 1.82) is 0 Å². The van der Waals surface area contributed by atoms with E-state index in [2.05, 4.69) is 23.2 Å². The van der Waals surface area contributed by atoms with Gasteiger partial charge in [-0.25, -0.2) is 0 Å². The molecule has 1 aromatic heterocycles. The molecule has 92 valence electrons. The maximum Gasteiger partial charge on any atom is 0.164 e. The fourth-order valence-corrected chi connectivity index (χ4v) is 3.12. The Bertz CT molecular complexity index is 785. The van der Waals surface area contributed by atoms with Crippen LogP contribution in [0.15, 0.2) is 54.7 Å². The molecule has 1 unspecified atom stereocenters. The van der Waals surface area contributed by atoms with Crippen LogP contribution in [-0.2, 0) is 0 Å². The Balaban J connectivity index is 1.93. The van der Waals surface area contributed by atoms with Crippen molar-refractivity contribution in [2.45, 2.75) is 12.3 Å². The molecule has 0 aliphatic heterocycles. The predicted molar refractivity (Wildman–Crippen MR) is 75.5 cm³/mol. The SMILES string of the molecule is O=C1CC(c2c[nH]c3ccccc23)c2ccccc21. The molecule has 0 saturated heterocycles. The number of hydrogen-bond acceptors (Lipinski definition) is 1. The maximum absolute atomic E-state index is 12.1. The summed E-state index contributed by atoms with van der Waals surface area (Å²) >= 11 is 0. The average molecular weight is 247 g/mol. The van der Waals surface area contributed by atoms with Gasteiger partial charge < -0.3 is 4.98 Å². The third kappa shape index (κ3) is 1.46. The van der Waals surface area contributed by atoms with Crippen molar-refractivity contribution in [3.05, 3.63) is 71.4 Å². The topological polar surface area (TPSA) is 32.9 Å². The van der Waals surface area contributed by atoms with E-state index in [1.54, 1.807) is 0 Å². The second-order valence-electron chi connectivity index (χ2n) is 5.06. The van der Waals surface area contributed by atoms with Crippen LogP contribution in [0.1, 0.15) is 33.8 Å². The Morgan fingerprint density at radius 1 is 0.947 bits per heavy atom. The number of aromatic amines is 1. The van der Waals surface area contributed by atoms with Crippen molar-refractivity contribution in [1.82, 2.24) is 4.98 Å². The van der Waals surface area contributed by atoms with Gasteiger partial charge in [0.25, 0.3) is 0 Å². The number of nitrogens with one attached hydrogen (secondary N) is 1. The highest BCUT2D eigenvalue weighted by molar-refractivity contribution is 6.02. The normalized spacial score (nSPS) is 17.9. The van der Waals surface area contributed by atoms with E-state index in [0.29, 0.717) is 6.42 Å². The maximum atomic E-state index is 12.1. The first-order valence-electron chi connectivity index (χ1n) is 6.53. The first-order valence-corrected chi connectivity index (χ1v) is 6.53. The number of aromatic nitrogens is 1. The average Bonchev–Trinajstić information content (AvgIpc) is 3.01. The summed E-state index contributed by atoms with van der Waals surface area (Å²) in [5, 5.41) is 1.22. The molecule has 3 aromatic rings. The second-order valence-corrected chi connectivity index (χ2v) is 5.06. The molecule has 4 rings (SSSR count). The third-order valence-corrected chi connectivity index (χ3v) is 4.02. The van der Waals surface area contributed by atoms with E-state index in [0.717, 1.165) is 16.6 Å². The molecular weight excluding hydrogens is 234 g/mol. The van der Waals surface area contributed by atoms with Gasteiger partial charge in [-0.15, -0.1) is 0 Å². The summed E-state index contributed by atoms with van der Waals surface area (Å²) < 4.78 is 0. The van der Waals surface area contributed by atoms with Gasteiger partial charge in [-0.3, -0.25) is 4.79 Å². The Hall–Kier alpha value is -2.35. The number of carbonyl (C=O) groups is 1. The molecule has 0 spiro atoms. The molecule has 19 heavy (non-hydrogen) atoms. The van der Waals surface area contributed by atoms with Gasteiger partial charge in [0.2, 0.25) is 0 Å². The van der Waals surface area contributed by atoms with Crippen molar-refractivity contribution >= 4 is 16.7 Å². The highest BCUT2D eigenvalue weighted by Gasteiger charge is 2.31. The van der Waals surface area contributed by atoms with E-state index in [-0.39, 0.29) is 11.7 Å². The van der Waals surface area contributed by atoms with E-state index in [4.69, 9.17) is 0 Å².